The first-order chi connectivity index (χ1) is 24.5. The molecule has 9 nitrogen and oxygen atoms in total. The van der Waals surface area contributed by atoms with E-state index in [0.717, 1.165) is 56.1 Å². The molecule has 0 bridgehead atoms. The van der Waals surface area contributed by atoms with Crippen LogP contribution in [-0.4, -0.2) is 59.0 Å². The number of hydrogen-bond donors (Lipinski definition) is 5. The molecule has 3 amide bonds. The maximum absolute atomic E-state index is 14.1. The highest BCUT2D eigenvalue weighted by Crippen LogP contribution is 2.29. The fourth-order valence-electron chi connectivity index (χ4n) is 6.82. The number of benzene rings is 2. The van der Waals surface area contributed by atoms with Gasteiger partial charge in [0, 0.05) is 24.5 Å². The van der Waals surface area contributed by atoms with E-state index < -0.39 is 36.3 Å². The number of carbonyl (C=O) groups is 3. The van der Waals surface area contributed by atoms with Crippen molar-refractivity contribution in [1.29, 1.82) is 0 Å². The predicted molar refractivity (Wildman–Crippen MR) is 203 cm³/mol. The molecule has 0 spiro atoms. The molecule has 1 saturated carbocycles. The summed E-state index contributed by atoms with van der Waals surface area (Å²) in [7, 11) is 0. The smallest absolute Gasteiger partial charge is 0.407 e. The molecule has 3 rings (SSSR count). The quantitative estimate of drug-likeness (QED) is 0.0661. The van der Waals surface area contributed by atoms with E-state index in [4.69, 9.17) is 4.74 Å². The molecular weight excluding hydrogens is 642 g/mol. The van der Waals surface area contributed by atoms with E-state index in [-0.39, 0.29) is 42.8 Å². The van der Waals surface area contributed by atoms with Crippen molar-refractivity contribution in [1.82, 2.24) is 16.0 Å². The lowest BCUT2D eigenvalue weighted by Gasteiger charge is -2.32. The van der Waals surface area contributed by atoms with Crippen LogP contribution in [0.3, 0.4) is 0 Å². The molecule has 5 N–H and O–H groups in total. The normalized spacial score (nSPS) is 16.4. The van der Waals surface area contributed by atoms with Crippen LogP contribution in [0.1, 0.15) is 109 Å². The minimum Gasteiger partial charge on any atom is -0.445 e. The highest BCUT2D eigenvalue weighted by Gasteiger charge is 2.33. The standard InChI is InChI=1S/C42H63N3O6/c1-5-6-10-23-35(27-39(47)37(26-33-19-13-8-14-20-33)45-42(50)51-29-34-21-15-9-16-22-34)41(49)44-36(25-32-17-11-7-12-18-32)38(46)24-31(4)40(48)43-28-30(2)3/h8-9,13-16,19-22,30,32,35-39,46-47H,4-7,10-12,17-18,23-29H2,1-3H3,(H,43,48)(H,44,49)(H,45,50)/t35-,36+,37+,38+,39-/m1/s1. The van der Waals surface area contributed by atoms with Crippen molar-refractivity contribution >= 4 is 17.9 Å². The molecule has 51 heavy (non-hydrogen) atoms. The molecule has 0 unspecified atom stereocenters. The zero-order valence-electron chi connectivity index (χ0n) is 31.2. The Morgan fingerprint density at radius 1 is 0.863 bits per heavy atom. The highest BCUT2D eigenvalue weighted by molar-refractivity contribution is 5.92. The van der Waals surface area contributed by atoms with Gasteiger partial charge in [-0.15, -0.1) is 0 Å². The Morgan fingerprint density at radius 2 is 1.51 bits per heavy atom. The van der Waals surface area contributed by atoms with Gasteiger partial charge in [-0.3, -0.25) is 9.59 Å². The van der Waals surface area contributed by atoms with Gasteiger partial charge < -0.3 is 30.9 Å². The summed E-state index contributed by atoms with van der Waals surface area (Å²) in [6.45, 7) is 10.7. The summed E-state index contributed by atoms with van der Waals surface area (Å²) in [5.74, 6) is -0.416. The first kappa shape index (κ1) is 41.7. The second kappa shape index (κ2) is 23.0. The number of aliphatic hydroxyl groups is 2. The van der Waals surface area contributed by atoms with Gasteiger partial charge in [-0.1, -0.05) is 139 Å². The number of nitrogens with one attached hydrogen (secondary N) is 3. The monoisotopic (exact) mass is 705 g/mol. The van der Waals surface area contributed by atoms with Gasteiger partial charge in [-0.2, -0.15) is 0 Å². The van der Waals surface area contributed by atoms with Crippen molar-refractivity contribution in [2.45, 2.75) is 135 Å². The fraction of sp³-hybridized carbons (Fsp3) is 0.595. The molecule has 0 aromatic heterocycles. The predicted octanol–water partition coefficient (Wildman–Crippen LogP) is 7.01. The molecule has 0 radical (unpaired) electrons. The first-order valence-corrected chi connectivity index (χ1v) is 19.2. The van der Waals surface area contributed by atoms with E-state index in [1.165, 1.54) is 6.42 Å². The lowest BCUT2D eigenvalue weighted by Crippen LogP contribution is -2.50. The summed E-state index contributed by atoms with van der Waals surface area (Å²) in [4.78, 5) is 39.8. The van der Waals surface area contributed by atoms with Crippen LogP contribution in [0.4, 0.5) is 4.79 Å². The zero-order chi connectivity index (χ0) is 37.0. The Bertz CT molecular complexity index is 1310. The summed E-state index contributed by atoms with van der Waals surface area (Å²) < 4.78 is 5.50. The van der Waals surface area contributed by atoms with Crippen molar-refractivity contribution in [2.75, 3.05) is 6.54 Å². The molecule has 0 heterocycles. The van der Waals surface area contributed by atoms with E-state index in [9.17, 15) is 24.6 Å². The van der Waals surface area contributed by atoms with Gasteiger partial charge in [0.25, 0.3) is 0 Å². The average molecular weight is 706 g/mol. The Balaban J connectivity index is 1.76. The summed E-state index contributed by atoms with van der Waals surface area (Å²) in [5, 5.41) is 32.1. The summed E-state index contributed by atoms with van der Waals surface area (Å²) >= 11 is 0. The Labute approximate surface area is 306 Å². The molecule has 2 aromatic carbocycles. The van der Waals surface area contributed by atoms with Gasteiger partial charge in [0.1, 0.15) is 6.61 Å². The van der Waals surface area contributed by atoms with Crippen LogP contribution in [-0.2, 0) is 27.4 Å². The van der Waals surface area contributed by atoms with Gasteiger partial charge >= 0.3 is 6.09 Å². The zero-order valence-corrected chi connectivity index (χ0v) is 31.2. The fourth-order valence-corrected chi connectivity index (χ4v) is 6.82. The second-order valence-electron chi connectivity index (χ2n) is 14.8. The van der Waals surface area contributed by atoms with Crippen LogP contribution < -0.4 is 16.0 Å². The minimum absolute atomic E-state index is 0.0544. The van der Waals surface area contributed by atoms with Crippen LogP contribution in [0, 0.1) is 17.8 Å². The third-order valence-corrected chi connectivity index (χ3v) is 9.88. The minimum atomic E-state index is -1.04. The third kappa shape index (κ3) is 16.0. The highest BCUT2D eigenvalue weighted by atomic mass is 16.5. The SMILES string of the molecule is C=C(C[C@H](O)[C@H](CC1CCCCC1)NC(=O)[C@H](CCCCC)C[C@@H](O)[C@H](Cc1ccccc1)NC(=O)OCc1ccccc1)C(=O)NCC(C)C. The van der Waals surface area contributed by atoms with Crippen LogP contribution in [0.15, 0.2) is 72.8 Å². The summed E-state index contributed by atoms with van der Waals surface area (Å²) in [6.07, 6.45) is 7.30. The lowest BCUT2D eigenvalue weighted by molar-refractivity contribution is -0.128. The van der Waals surface area contributed by atoms with E-state index in [1.54, 1.807) is 0 Å². The molecule has 1 aliphatic carbocycles. The average Bonchev–Trinajstić information content (AvgIpc) is 3.13. The Kier molecular flexibility index (Phi) is 18.8. The first-order valence-electron chi connectivity index (χ1n) is 19.2. The van der Waals surface area contributed by atoms with Gasteiger partial charge in [0.2, 0.25) is 11.8 Å². The number of carbonyl (C=O) groups excluding carboxylic acids is 3. The third-order valence-electron chi connectivity index (χ3n) is 9.88. The van der Waals surface area contributed by atoms with Gasteiger partial charge in [0.05, 0.1) is 24.3 Å². The summed E-state index contributed by atoms with van der Waals surface area (Å²) in [5.41, 5.74) is 2.07. The number of alkyl carbamates (subject to hydrolysis) is 1. The van der Waals surface area contributed by atoms with Crippen molar-refractivity contribution in [3.63, 3.8) is 0 Å². The largest absolute Gasteiger partial charge is 0.445 e. The van der Waals surface area contributed by atoms with E-state index >= 15 is 0 Å². The van der Waals surface area contributed by atoms with Crippen LogP contribution in [0.5, 0.6) is 0 Å². The number of amides is 3. The maximum atomic E-state index is 14.1. The second-order valence-corrected chi connectivity index (χ2v) is 14.8. The van der Waals surface area contributed by atoms with E-state index in [0.29, 0.717) is 31.7 Å². The number of aliphatic hydroxyl groups excluding tert-OH is 2. The molecule has 1 fully saturated rings. The molecule has 2 aromatic rings. The van der Waals surface area contributed by atoms with Crippen LogP contribution >= 0.6 is 0 Å². The van der Waals surface area contributed by atoms with Crippen LogP contribution in [0.2, 0.25) is 0 Å². The van der Waals surface area contributed by atoms with E-state index in [1.807, 2.05) is 74.5 Å². The Hall–Kier alpha value is -3.69. The van der Waals surface area contributed by atoms with Gasteiger partial charge in [0.15, 0.2) is 0 Å². The number of unbranched alkanes of at least 4 members (excludes halogenated alkanes) is 2. The van der Waals surface area contributed by atoms with Crippen molar-refractivity contribution in [3.05, 3.63) is 83.9 Å². The summed E-state index contributed by atoms with van der Waals surface area (Å²) in [6, 6.07) is 17.7. The molecule has 9 heteroatoms. The molecule has 1 aliphatic rings. The lowest BCUT2D eigenvalue weighted by atomic mass is 9.82. The number of ether oxygens (including phenoxy) is 1. The van der Waals surface area contributed by atoms with E-state index in [2.05, 4.69) is 29.5 Å². The number of hydrogen-bond acceptors (Lipinski definition) is 6. The van der Waals surface area contributed by atoms with Crippen LogP contribution in [0.25, 0.3) is 0 Å². The molecule has 5 atom stereocenters. The van der Waals surface area contributed by atoms with Gasteiger partial charge in [-0.05, 0) is 48.6 Å². The van der Waals surface area contributed by atoms with Gasteiger partial charge in [-0.25, -0.2) is 4.79 Å². The number of rotatable bonds is 22. The maximum Gasteiger partial charge on any atom is 0.407 e. The molecule has 0 aliphatic heterocycles. The van der Waals surface area contributed by atoms with Crippen molar-refractivity contribution in [3.8, 4) is 0 Å². The Morgan fingerprint density at radius 3 is 2.14 bits per heavy atom. The molecular formula is C42H63N3O6. The van der Waals surface area contributed by atoms with Crippen molar-refractivity contribution < 1.29 is 29.3 Å². The molecule has 0 saturated heterocycles. The topological polar surface area (TPSA) is 137 Å². The molecule has 282 valence electrons. The van der Waals surface area contributed by atoms with Crippen molar-refractivity contribution in [2.24, 2.45) is 17.8 Å².